The lowest BCUT2D eigenvalue weighted by atomic mass is 10.1. The van der Waals surface area contributed by atoms with Gasteiger partial charge >= 0.3 is 0 Å². The molecule has 0 saturated carbocycles. The first-order chi connectivity index (χ1) is 7.16. The second kappa shape index (κ2) is 4.41. The van der Waals surface area contributed by atoms with Crippen LogP contribution in [-0.4, -0.2) is 29.5 Å². The van der Waals surface area contributed by atoms with Crippen LogP contribution in [-0.2, 0) is 0 Å². The molecule has 0 radical (unpaired) electrons. The van der Waals surface area contributed by atoms with Gasteiger partial charge in [0.15, 0.2) is 11.6 Å². The number of hydrogen-bond acceptors (Lipinski definition) is 3. The Morgan fingerprint density at radius 2 is 2.13 bits per heavy atom. The van der Waals surface area contributed by atoms with Crippen LogP contribution in [0.3, 0.4) is 0 Å². The van der Waals surface area contributed by atoms with Crippen molar-refractivity contribution in [2.45, 2.75) is 18.4 Å². The molecule has 0 unspecified atom stereocenters. The number of rotatable bonds is 3. The lowest BCUT2D eigenvalue weighted by Crippen LogP contribution is -2.55. The summed E-state index contributed by atoms with van der Waals surface area (Å²) in [5.74, 6) is 0.0452. The first-order valence-electron chi connectivity index (χ1n) is 5.00. The fourth-order valence-electron chi connectivity index (χ4n) is 1.57. The zero-order valence-corrected chi connectivity index (χ0v) is 9.45. The molecule has 15 heavy (non-hydrogen) atoms. The van der Waals surface area contributed by atoms with Gasteiger partial charge in [0.05, 0.1) is 5.37 Å². The number of hydrogen-bond donors (Lipinski definition) is 1. The van der Waals surface area contributed by atoms with Gasteiger partial charge in [-0.15, -0.1) is 0 Å². The predicted molar refractivity (Wildman–Crippen MR) is 60.8 cm³/mol. The Morgan fingerprint density at radius 3 is 2.73 bits per heavy atom. The Morgan fingerprint density at radius 1 is 1.47 bits per heavy atom. The third kappa shape index (κ3) is 2.44. The summed E-state index contributed by atoms with van der Waals surface area (Å²) in [7, 11) is 0. The molecule has 1 saturated heterocycles. The summed E-state index contributed by atoms with van der Waals surface area (Å²) >= 11 is 4.31. The lowest BCUT2D eigenvalue weighted by Gasteiger charge is -2.41. The van der Waals surface area contributed by atoms with Crippen molar-refractivity contribution in [1.29, 1.82) is 0 Å². The quantitative estimate of drug-likeness (QED) is 0.794. The van der Waals surface area contributed by atoms with Crippen LogP contribution in [0.1, 0.15) is 6.92 Å². The Hall–Kier alpha value is -0.740. The second-order valence-corrected chi connectivity index (χ2v) is 4.50. The third-order valence-electron chi connectivity index (χ3n) is 2.54. The van der Waals surface area contributed by atoms with Gasteiger partial charge in [-0.2, -0.15) is 12.6 Å². The van der Waals surface area contributed by atoms with Crippen molar-refractivity contribution in [2.24, 2.45) is 0 Å². The fourth-order valence-corrected chi connectivity index (χ4v) is 1.76. The summed E-state index contributed by atoms with van der Waals surface area (Å²) in [6, 6.07) is 6.50. The maximum atomic E-state index is 13.2. The summed E-state index contributed by atoms with van der Waals surface area (Å²) in [6.07, 6.45) is 0.0940. The van der Waals surface area contributed by atoms with Gasteiger partial charge in [0.1, 0.15) is 6.10 Å². The van der Waals surface area contributed by atoms with E-state index in [0.29, 0.717) is 5.75 Å². The Balaban J connectivity index is 1.88. The van der Waals surface area contributed by atoms with Crippen molar-refractivity contribution in [2.75, 3.05) is 13.1 Å². The predicted octanol–water partition coefficient (Wildman–Crippen LogP) is 2.16. The van der Waals surface area contributed by atoms with E-state index in [4.69, 9.17) is 4.74 Å². The van der Waals surface area contributed by atoms with Crippen molar-refractivity contribution >= 4 is 12.6 Å². The van der Waals surface area contributed by atoms with Crippen LogP contribution in [0.25, 0.3) is 0 Å². The first-order valence-corrected chi connectivity index (χ1v) is 5.52. The van der Waals surface area contributed by atoms with Gasteiger partial charge in [-0.25, -0.2) is 4.39 Å². The minimum absolute atomic E-state index is 0.0940. The molecule has 0 bridgehead atoms. The van der Waals surface area contributed by atoms with Crippen molar-refractivity contribution < 1.29 is 9.13 Å². The van der Waals surface area contributed by atoms with E-state index in [1.54, 1.807) is 18.2 Å². The number of para-hydroxylation sites is 1. The van der Waals surface area contributed by atoms with Gasteiger partial charge in [-0.05, 0) is 19.1 Å². The van der Waals surface area contributed by atoms with Crippen LogP contribution in [0.5, 0.6) is 5.75 Å². The molecule has 0 aromatic heterocycles. The molecule has 82 valence electrons. The molecule has 0 amide bonds. The van der Waals surface area contributed by atoms with Crippen LogP contribution in [0.2, 0.25) is 0 Å². The minimum Gasteiger partial charge on any atom is -0.485 e. The van der Waals surface area contributed by atoms with E-state index < -0.39 is 0 Å². The van der Waals surface area contributed by atoms with Crippen molar-refractivity contribution in [3.8, 4) is 5.75 Å². The highest BCUT2D eigenvalue weighted by molar-refractivity contribution is 7.80. The Labute approximate surface area is 94.4 Å². The molecule has 4 heteroatoms. The molecule has 1 heterocycles. The largest absolute Gasteiger partial charge is 0.485 e. The van der Waals surface area contributed by atoms with Gasteiger partial charge in [0.2, 0.25) is 0 Å². The topological polar surface area (TPSA) is 12.5 Å². The molecule has 2 rings (SSSR count). The standard InChI is InChI=1S/C11H14FNOS/c1-8(15)13-6-9(7-13)14-11-5-3-2-4-10(11)12/h2-5,8-9,15H,6-7H2,1H3/t8-/m0/s1. The third-order valence-corrected chi connectivity index (χ3v) is 2.86. The highest BCUT2D eigenvalue weighted by Gasteiger charge is 2.30. The number of benzene rings is 1. The summed E-state index contributed by atoms with van der Waals surface area (Å²) in [5.41, 5.74) is 0. The summed E-state index contributed by atoms with van der Waals surface area (Å²) in [4.78, 5) is 2.16. The molecule has 1 aliphatic heterocycles. The van der Waals surface area contributed by atoms with Gasteiger partial charge in [-0.3, -0.25) is 4.90 Å². The highest BCUT2D eigenvalue weighted by atomic mass is 32.1. The fraction of sp³-hybridized carbons (Fsp3) is 0.455. The molecule has 1 fully saturated rings. The Kier molecular flexibility index (Phi) is 3.17. The monoisotopic (exact) mass is 227 g/mol. The van der Waals surface area contributed by atoms with E-state index in [1.165, 1.54) is 6.07 Å². The van der Waals surface area contributed by atoms with Crippen LogP contribution in [0.4, 0.5) is 4.39 Å². The van der Waals surface area contributed by atoms with Gasteiger partial charge in [0, 0.05) is 13.1 Å². The summed E-state index contributed by atoms with van der Waals surface area (Å²) in [6.45, 7) is 3.65. The molecular formula is C11H14FNOS. The molecule has 0 spiro atoms. The number of thiol groups is 1. The van der Waals surface area contributed by atoms with Crippen LogP contribution < -0.4 is 4.74 Å². The number of nitrogens with zero attached hydrogens (tertiary/aromatic N) is 1. The minimum atomic E-state index is -0.296. The molecule has 0 aliphatic carbocycles. The van der Waals surface area contributed by atoms with E-state index in [0.717, 1.165) is 13.1 Å². The molecule has 1 aromatic carbocycles. The van der Waals surface area contributed by atoms with Gasteiger partial charge < -0.3 is 4.74 Å². The van der Waals surface area contributed by atoms with E-state index in [2.05, 4.69) is 17.5 Å². The zero-order chi connectivity index (χ0) is 10.8. The van der Waals surface area contributed by atoms with Crippen LogP contribution >= 0.6 is 12.6 Å². The van der Waals surface area contributed by atoms with E-state index in [1.807, 2.05) is 6.92 Å². The van der Waals surface area contributed by atoms with Crippen molar-refractivity contribution in [3.05, 3.63) is 30.1 Å². The normalized spacial score (nSPS) is 19.7. The van der Waals surface area contributed by atoms with E-state index in [-0.39, 0.29) is 17.3 Å². The number of ether oxygens (including phenoxy) is 1. The maximum Gasteiger partial charge on any atom is 0.165 e. The molecule has 0 N–H and O–H groups in total. The van der Waals surface area contributed by atoms with Crippen LogP contribution in [0.15, 0.2) is 24.3 Å². The second-order valence-electron chi connectivity index (χ2n) is 3.76. The summed E-state index contributed by atoms with van der Waals surface area (Å²) in [5, 5.41) is 0.241. The first kappa shape index (κ1) is 10.8. The molecule has 2 nitrogen and oxygen atoms in total. The molecule has 1 aromatic rings. The molecule has 1 aliphatic rings. The summed E-state index contributed by atoms with van der Waals surface area (Å²) < 4.78 is 18.7. The molecule has 1 atom stereocenters. The average molecular weight is 227 g/mol. The maximum absolute atomic E-state index is 13.2. The van der Waals surface area contributed by atoms with Gasteiger partial charge in [-0.1, -0.05) is 12.1 Å². The smallest absolute Gasteiger partial charge is 0.165 e. The SMILES string of the molecule is C[C@H](S)N1CC(Oc2ccccc2F)C1. The Bertz CT molecular complexity index is 339. The van der Waals surface area contributed by atoms with Crippen molar-refractivity contribution in [3.63, 3.8) is 0 Å². The molecular weight excluding hydrogens is 213 g/mol. The van der Waals surface area contributed by atoms with Crippen molar-refractivity contribution in [1.82, 2.24) is 4.90 Å². The number of halogens is 1. The van der Waals surface area contributed by atoms with E-state index >= 15 is 0 Å². The van der Waals surface area contributed by atoms with Crippen LogP contribution in [0, 0.1) is 5.82 Å². The lowest BCUT2D eigenvalue weighted by molar-refractivity contribution is 0.0141. The highest BCUT2D eigenvalue weighted by Crippen LogP contribution is 2.22. The average Bonchev–Trinajstić information content (AvgIpc) is 2.12. The zero-order valence-electron chi connectivity index (χ0n) is 8.56. The van der Waals surface area contributed by atoms with E-state index in [9.17, 15) is 4.39 Å². The van der Waals surface area contributed by atoms with Gasteiger partial charge in [0.25, 0.3) is 0 Å². The number of likely N-dealkylation sites (tertiary alicyclic amines) is 1.